The van der Waals surface area contributed by atoms with Crippen molar-refractivity contribution in [3.05, 3.63) is 30.1 Å². The smallest absolute Gasteiger partial charge is 0.255 e. The molecule has 0 spiro atoms. The average molecular weight is 336 g/mol. The molecular formula is C17H22F2N4O. The van der Waals surface area contributed by atoms with Crippen molar-refractivity contribution in [2.24, 2.45) is 11.8 Å². The number of amides is 1. The predicted octanol–water partition coefficient (Wildman–Crippen LogP) is 1.53. The zero-order chi connectivity index (χ0) is 16.7. The number of alkyl halides is 2. The van der Waals surface area contributed by atoms with Crippen LogP contribution in [0.1, 0.15) is 30.7 Å². The maximum Gasteiger partial charge on any atom is 0.255 e. The third-order valence-electron chi connectivity index (χ3n) is 5.87. The van der Waals surface area contributed by atoms with E-state index < -0.39 is 13.0 Å². The number of likely N-dealkylation sites (tertiary alicyclic amines) is 1. The van der Waals surface area contributed by atoms with Crippen molar-refractivity contribution >= 4 is 5.91 Å². The number of hydrazine groups is 1. The molecule has 7 heteroatoms. The molecule has 0 aromatic carbocycles. The molecule has 4 rings (SSSR count). The van der Waals surface area contributed by atoms with E-state index in [2.05, 4.69) is 15.8 Å². The normalized spacial score (nSPS) is 35.9. The number of halogens is 2. The molecule has 3 aliphatic rings. The number of fused-ring (bicyclic) bond motifs is 3. The largest absolute Gasteiger partial charge is 0.333 e. The van der Waals surface area contributed by atoms with Crippen LogP contribution in [0.3, 0.4) is 0 Å². The van der Waals surface area contributed by atoms with Gasteiger partial charge < -0.3 is 4.90 Å². The summed E-state index contributed by atoms with van der Waals surface area (Å²) >= 11 is 0. The van der Waals surface area contributed by atoms with Gasteiger partial charge >= 0.3 is 0 Å². The van der Waals surface area contributed by atoms with Gasteiger partial charge in [-0.1, -0.05) is 0 Å². The molecule has 2 N–H and O–H groups in total. The molecule has 3 heterocycles. The Hall–Kier alpha value is -1.60. The molecule has 2 aliphatic heterocycles. The van der Waals surface area contributed by atoms with Crippen molar-refractivity contribution in [3.63, 3.8) is 0 Å². The highest BCUT2D eigenvalue weighted by atomic mass is 19.3. The van der Waals surface area contributed by atoms with Crippen molar-refractivity contribution in [1.82, 2.24) is 20.7 Å². The molecule has 0 radical (unpaired) electrons. The fraction of sp³-hybridized carbons (Fsp3) is 0.647. The van der Waals surface area contributed by atoms with Gasteiger partial charge in [0.1, 0.15) is 0 Å². The molecule has 5 nitrogen and oxygen atoms in total. The Morgan fingerprint density at radius 1 is 1.29 bits per heavy atom. The van der Waals surface area contributed by atoms with Crippen LogP contribution >= 0.6 is 0 Å². The van der Waals surface area contributed by atoms with Gasteiger partial charge in [-0.25, -0.2) is 8.78 Å². The number of hydrogen-bond donors (Lipinski definition) is 2. The summed E-state index contributed by atoms with van der Waals surface area (Å²) in [4.78, 5) is 18.3. The van der Waals surface area contributed by atoms with Crippen molar-refractivity contribution in [2.45, 2.75) is 43.7 Å². The third kappa shape index (κ3) is 2.69. The minimum atomic E-state index is -2.49. The molecule has 1 amide bonds. The molecule has 1 aromatic rings. The molecule has 130 valence electrons. The molecule has 5 atom stereocenters. The zero-order valence-corrected chi connectivity index (χ0v) is 13.4. The summed E-state index contributed by atoms with van der Waals surface area (Å²) in [5.41, 5.74) is 7.46. The first-order valence-electron chi connectivity index (χ1n) is 8.62. The van der Waals surface area contributed by atoms with E-state index in [1.165, 1.54) is 10.5 Å². The van der Waals surface area contributed by atoms with Crippen LogP contribution in [-0.4, -0.2) is 47.4 Å². The van der Waals surface area contributed by atoms with E-state index in [-0.39, 0.29) is 29.8 Å². The van der Waals surface area contributed by atoms with E-state index in [4.69, 9.17) is 0 Å². The SMILES string of the molecule is O=C1C2CNNC2C2CCC(c3ccncc3)CC2N1CC(F)F. The summed E-state index contributed by atoms with van der Waals surface area (Å²) in [6.07, 6.45) is 3.76. The quantitative estimate of drug-likeness (QED) is 0.879. The number of nitrogens with zero attached hydrogens (tertiary/aromatic N) is 2. The number of hydrogen-bond acceptors (Lipinski definition) is 4. The van der Waals surface area contributed by atoms with Gasteiger partial charge in [-0.3, -0.25) is 20.6 Å². The molecular weight excluding hydrogens is 314 g/mol. The molecule has 0 bridgehead atoms. The fourth-order valence-electron chi connectivity index (χ4n) is 4.80. The van der Waals surface area contributed by atoms with Gasteiger partial charge in [0.25, 0.3) is 6.43 Å². The van der Waals surface area contributed by atoms with Crippen LogP contribution in [0.15, 0.2) is 24.5 Å². The Kier molecular flexibility index (Phi) is 4.22. The number of pyridine rings is 1. The van der Waals surface area contributed by atoms with Crippen LogP contribution in [0, 0.1) is 11.8 Å². The third-order valence-corrected chi connectivity index (χ3v) is 5.87. The van der Waals surface area contributed by atoms with Crippen LogP contribution < -0.4 is 10.9 Å². The van der Waals surface area contributed by atoms with Crippen LogP contribution in [0.25, 0.3) is 0 Å². The minimum absolute atomic E-state index is 0.0646. The highest BCUT2D eigenvalue weighted by molar-refractivity contribution is 5.82. The lowest BCUT2D eigenvalue weighted by atomic mass is 9.67. The van der Waals surface area contributed by atoms with E-state index in [1.807, 2.05) is 12.1 Å². The average Bonchev–Trinajstić information content (AvgIpc) is 3.09. The highest BCUT2D eigenvalue weighted by Crippen LogP contribution is 2.44. The molecule has 24 heavy (non-hydrogen) atoms. The number of carbonyl (C=O) groups excluding carboxylic acids is 1. The van der Waals surface area contributed by atoms with Gasteiger partial charge in [0.2, 0.25) is 5.91 Å². The summed E-state index contributed by atoms with van der Waals surface area (Å²) in [6.45, 7) is 0.0759. The lowest BCUT2D eigenvalue weighted by Gasteiger charge is -2.50. The Labute approximate surface area is 139 Å². The summed E-state index contributed by atoms with van der Waals surface area (Å²) in [6, 6.07) is 3.93. The highest BCUT2D eigenvalue weighted by Gasteiger charge is 2.52. The summed E-state index contributed by atoms with van der Waals surface area (Å²) < 4.78 is 26.2. The van der Waals surface area contributed by atoms with E-state index in [9.17, 15) is 13.6 Å². The van der Waals surface area contributed by atoms with E-state index in [0.29, 0.717) is 12.5 Å². The fourth-order valence-corrected chi connectivity index (χ4v) is 4.80. The van der Waals surface area contributed by atoms with Gasteiger partial charge in [0, 0.05) is 31.0 Å². The lowest BCUT2D eigenvalue weighted by molar-refractivity contribution is -0.149. The Bertz CT molecular complexity index is 600. The predicted molar refractivity (Wildman–Crippen MR) is 84.2 cm³/mol. The first-order chi connectivity index (χ1) is 11.6. The Morgan fingerprint density at radius 2 is 2.08 bits per heavy atom. The second kappa shape index (κ2) is 6.37. The van der Waals surface area contributed by atoms with Crippen molar-refractivity contribution < 1.29 is 13.6 Å². The molecule has 5 unspecified atom stereocenters. The van der Waals surface area contributed by atoms with Gasteiger partial charge in [-0.15, -0.1) is 0 Å². The second-order valence-corrected chi connectivity index (χ2v) is 7.06. The van der Waals surface area contributed by atoms with Crippen LogP contribution in [0.4, 0.5) is 8.78 Å². The number of piperidine rings is 1. The monoisotopic (exact) mass is 336 g/mol. The Balaban J connectivity index is 1.61. The number of nitrogens with one attached hydrogen (secondary N) is 2. The summed E-state index contributed by atoms with van der Waals surface area (Å²) in [7, 11) is 0. The molecule has 1 saturated carbocycles. The number of carbonyl (C=O) groups is 1. The lowest BCUT2D eigenvalue weighted by Crippen LogP contribution is -2.62. The Morgan fingerprint density at radius 3 is 2.83 bits per heavy atom. The van der Waals surface area contributed by atoms with E-state index in [0.717, 1.165) is 19.3 Å². The van der Waals surface area contributed by atoms with Gasteiger partial charge in [0.05, 0.1) is 12.5 Å². The first-order valence-corrected chi connectivity index (χ1v) is 8.62. The second-order valence-electron chi connectivity index (χ2n) is 7.06. The summed E-state index contributed by atoms with van der Waals surface area (Å²) in [5, 5.41) is 0. The number of aromatic nitrogens is 1. The van der Waals surface area contributed by atoms with E-state index >= 15 is 0 Å². The van der Waals surface area contributed by atoms with Gasteiger partial charge in [-0.05, 0) is 48.8 Å². The van der Waals surface area contributed by atoms with Gasteiger partial charge in [-0.2, -0.15) is 0 Å². The minimum Gasteiger partial charge on any atom is -0.333 e. The van der Waals surface area contributed by atoms with Crippen molar-refractivity contribution in [1.29, 1.82) is 0 Å². The zero-order valence-electron chi connectivity index (χ0n) is 13.4. The molecule has 2 saturated heterocycles. The number of rotatable bonds is 3. The summed E-state index contributed by atoms with van der Waals surface area (Å²) in [5.74, 6) is 0.185. The van der Waals surface area contributed by atoms with Crippen LogP contribution in [-0.2, 0) is 4.79 Å². The topological polar surface area (TPSA) is 57.3 Å². The maximum absolute atomic E-state index is 13.1. The standard InChI is InChI=1S/C17H22F2N4O/c18-15(19)9-23-14-7-11(10-3-5-20-6-4-10)1-2-12(14)16-13(17(23)24)8-21-22-16/h3-6,11-16,21-22H,1-2,7-9H2. The molecule has 3 fully saturated rings. The van der Waals surface area contributed by atoms with Gasteiger partial charge in [0.15, 0.2) is 0 Å². The van der Waals surface area contributed by atoms with Crippen LogP contribution in [0.2, 0.25) is 0 Å². The molecule has 1 aromatic heterocycles. The van der Waals surface area contributed by atoms with Crippen LogP contribution in [0.5, 0.6) is 0 Å². The van der Waals surface area contributed by atoms with Crippen molar-refractivity contribution in [3.8, 4) is 0 Å². The molecule has 1 aliphatic carbocycles. The van der Waals surface area contributed by atoms with Crippen molar-refractivity contribution in [2.75, 3.05) is 13.1 Å². The van der Waals surface area contributed by atoms with E-state index in [1.54, 1.807) is 12.4 Å². The maximum atomic E-state index is 13.1. The first kappa shape index (κ1) is 15.9.